The van der Waals surface area contributed by atoms with E-state index in [4.69, 9.17) is 0 Å². The molecular weight excluding hydrogens is 422 g/mol. The van der Waals surface area contributed by atoms with Gasteiger partial charge in [0.1, 0.15) is 0 Å². The molecule has 0 radical (unpaired) electrons. The largest absolute Gasteiger partial charge is 0.352 e. The second-order valence-electron chi connectivity index (χ2n) is 8.21. The Kier molecular flexibility index (Phi) is 7.98. The van der Waals surface area contributed by atoms with Crippen LogP contribution in [0.5, 0.6) is 0 Å². The van der Waals surface area contributed by atoms with E-state index in [0.29, 0.717) is 17.9 Å². The van der Waals surface area contributed by atoms with Crippen molar-refractivity contribution in [3.63, 3.8) is 0 Å². The van der Waals surface area contributed by atoms with E-state index in [1.165, 1.54) is 5.56 Å². The number of anilines is 2. The minimum atomic E-state index is -0.0835. The summed E-state index contributed by atoms with van der Waals surface area (Å²) in [4.78, 5) is 14.9. The fourth-order valence-electron chi connectivity index (χ4n) is 3.67. The van der Waals surface area contributed by atoms with E-state index < -0.39 is 0 Å². The SMILES string of the molecule is CN(CCCNC(=O)c1cccc(Nc2ccc(-c3ccccc3)nn2)c1)Cc1ccccc1. The fraction of sp³-hybridized carbons (Fsp3) is 0.179. The van der Waals surface area contributed by atoms with Crippen molar-refractivity contribution in [3.8, 4) is 11.3 Å². The fourth-order valence-corrected chi connectivity index (χ4v) is 3.67. The molecule has 172 valence electrons. The van der Waals surface area contributed by atoms with E-state index in [1.807, 2.05) is 72.8 Å². The number of aromatic nitrogens is 2. The Hall–Kier alpha value is -4.03. The number of rotatable bonds is 10. The zero-order chi connectivity index (χ0) is 23.6. The third-order valence-corrected chi connectivity index (χ3v) is 5.43. The van der Waals surface area contributed by atoms with Crippen LogP contribution in [0.15, 0.2) is 97.1 Å². The molecule has 0 unspecified atom stereocenters. The van der Waals surface area contributed by atoms with E-state index in [1.54, 1.807) is 0 Å². The van der Waals surface area contributed by atoms with Gasteiger partial charge in [0.2, 0.25) is 0 Å². The summed E-state index contributed by atoms with van der Waals surface area (Å²) in [5.74, 6) is 0.540. The molecule has 6 nitrogen and oxygen atoms in total. The molecule has 4 rings (SSSR count). The molecule has 0 atom stereocenters. The highest BCUT2D eigenvalue weighted by Crippen LogP contribution is 2.19. The van der Waals surface area contributed by atoms with Crippen LogP contribution in [0.3, 0.4) is 0 Å². The lowest BCUT2D eigenvalue weighted by Gasteiger charge is -2.16. The molecule has 0 aliphatic heterocycles. The van der Waals surface area contributed by atoms with Crippen molar-refractivity contribution >= 4 is 17.4 Å². The van der Waals surface area contributed by atoms with Gasteiger partial charge in [-0.3, -0.25) is 4.79 Å². The van der Waals surface area contributed by atoms with Gasteiger partial charge in [0.25, 0.3) is 5.91 Å². The Morgan fingerprint density at radius 1 is 0.853 bits per heavy atom. The number of hydrogen-bond acceptors (Lipinski definition) is 5. The molecule has 2 N–H and O–H groups in total. The van der Waals surface area contributed by atoms with Crippen LogP contribution in [0.25, 0.3) is 11.3 Å². The van der Waals surface area contributed by atoms with Crippen molar-refractivity contribution in [2.24, 2.45) is 0 Å². The van der Waals surface area contributed by atoms with E-state index in [-0.39, 0.29) is 5.91 Å². The van der Waals surface area contributed by atoms with Gasteiger partial charge in [0.05, 0.1) is 5.69 Å². The minimum Gasteiger partial charge on any atom is -0.352 e. The highest BCUT2D eigenvalue weighted by atomic mass is 16.1. The predicted molar refractivity (Wildman–Crippen MR) is 137 cm³/mol. The van der Waals surface area contributed by atoms with Gasteiger partial charge in [0, 0.05) is 29.9 Å². The van der Waals surface area contributed by atoms with Gasteiger partial charge in [-0.15, -0.1) is 10.2 Å². The van der Waals surface area contributed by atoms with Gasteiger partial charge < -0.3 is 15.5 Å². The van der Waals surface area contributed by atoms with Crippen LogP contribution in [-0.2, 0) is 6.54 Å². The Balaban J connectivity index is 1.25. The van der Waals surface area contributed by atoms with Crippen LogP contribution < -0.4 is 10.6 Å². The average Bonchev–Trinajstić information content (AvgIpc) is 2.88. The molecule has 3 aromatic carbocycles. The van der Waals surface area contributed by atoms with E-state index in [0.717, 1.165) is 36.5 Å². The number of amides is 1. The van der Waals surface area contributed by atoms with Crippen molar-refractivity contribution in [2.45, 2.75) is 13.0 Å². The van der Waals surface area contributed by atoms with E-state index in [2.05, 4.69) is 57.0 Å². The third-order valence-electron chi connectivity index (χ3n) is 5.43. The van der Waals surface area contributed by atoms with Crippen molar-refractivity contribution in [3.05, 3.63) is 108 Å². The predicted octanol–water partition coefficient (Wildman–Crippen LogP) is 5.14. The molecule has 0 aliphatic rings. The lowest BCUT2D eigenvalue weighted by molar-refractivity contribution is 0.0952. The highest BCUT2D eigenvalue weighted by molar-refractivity contribution is 5.95. The molecule has 1 heterocycles. The maximum Gasteiger partial charge on any atom is 0.251 e. The van der Waals surface area contributed by atoms with Crippen LogP contribution >= 0.6 is 0 Å². The molecule has 0 bridgehead atoms. The summed E-state index contributed by atoms with van der Waals surface area (Å²) in [5, 5.41) is 14.8. The van der Waals surface area contributed by atoms with Crippen molar-refractivity contribution in [1.29, 1.82) is 0 Å². The third kappa shape index (κ3) is 6.73. The normalized spacial score (nSPS) is 10.8. The van der Waals surface area contributed by atoms with Crippen LogP contribution in [0, 0.1) is 0 Å². The number of carbonyl (C=O) groups is 1. The second-order valence-corrected chi connectivity index (χ2v) is 8.21. The summed E-state index contributed by atoms with van der Waals surface area (Å²) in [6.07, 6.45) is 0.885. The average molecular weight is 452 g/mol. The van der Waals surface area contributed by atoms with Crippen molar-refractivity contribution in [1.82, 2.24) is 20.4 Å². The van der Waals surface area contributed by atoms with Crippen molar-refractivity contribution < 1.29 is 4.79 Å². The number of nitrogens with one attached hydrogen (secondary N) is 2. The molecule has 0 saturated carbocycles. The maximum absolute atomic E-state index is 12.6. The molecule has 6 heteroatoms. The first-order chi connectivity index (χ1) is 16.7. The topological polar surface area (TPSA) is 70.2 Å². The molecule has 0 spiro atoms. The summed E-state index contributed by atoms with van der Waals surface area (Å²) in [5.41, 5.74) is 4.52. The molecule has 4 aromatic rings. The number of carbonyl (C=O) groups excluding carboxylic acids is 1. The van der Waals surface area contributed by atoms with Gasteiger partial charge in [-0.25, -0.2) is 0 Å². The van der Waals surface area contributed by atoms with Gasteiger partial charge >= 0.3 is 0 Å². The highest BCUT2D eigenvalue weighted by Gasteiger charge is 2.08. The lowest BCUT2D eigenvalue weighted by Crippen LogP contribution is -2.28. The zero-order valence-corrected chi connectivity index (χ0v) is 19.3. The Morgan fingerprint density at radius 3 is 2.35 bits per heavy atom. The molecule has 0 saturated heterocycles. The Bertz CT molecular complexity index is 1180. The molecule has 0 fully saturated rings. The number of nitrogens with zero attached hydrogens (tertiary/aromatic N) is 3. The first-order valence-electron chi connectivity index (χ1n) is 11.4. The first-order valence-corrected chi connectivity index (χ1v) is 11.4. The van der Waals surface area contributed by atoms with E-state index >= 15 is 0 Å². The molecule has 1 aromatic heterocycles. The zero-order valence-electron chi connectivity index (χ0n) is 19.3. The maximum atomic E-state index is 12.6. The van der Waals surface area contributed by atoms with Crippen LogP contribution in [0.1, 0.15) is 22.3 Å². The molecule has 0 aliphatic carbocycles. The summed E-state index contributed by atoms with van der Waals surface area (Å²) in [6.45, 7) is 2.44. The summed E-state index contributed by atoms with van der Waals surface area (Å²) in [7, 11) is 2.10. The van der Waals surface area contributed by atoms with Crippen molar-refractivity contribution in [2.75, 3.05) is 25.5 Å². The van der Waals surface area contributed by atoms with Gasteiger partial charge in [0.15, 0.2) is 5.82 Å². The summed E-state index contributed by atoms with van der Waals surface area (Å²) >= 11 is 0. The smallest absolute Gasteiger partial charge is 0.251 e. The van der Waals surface area contributed by atoms with Crippen LogP contribution in [-0.4, -0.2) is 41.1 Å². The second kappa shape index (κ2) is 11.7. The Morgan fingerprint density at radius 2 is 1.62 bits per heavy atom. The van der Waals surface area contributed by atoms with Crippen LogP contribution in [0.2, 0.25) is 0 Å². The quantitative estimate of drug-likeness (QED) is 0.327. The van der Waals surface area contributed by atoms with Gasteiger partial charge in [-0.05, 0) is 55.9 Å². The van der Waals surface area contributed by atoms with E-state index in [9.17, 15) is 4.79 Å². The van der Waals surface area contributed by atoms with Gasteiger partial charge in [-0.1, -0.05) is 66.7 Å². The Labute approximate surface area is 200 Å². The first kappa shape index (κ1) is 23.1. The number of benzene rings is 3. The molecular formula is C28H29N5O. The minimum absolute atomic E-state index is 0.0835. The number of hydrogen-bond donors (Lipinski definition) is 2. The monoisotopic (exact) mass is 451 g/mol. The summed E-state index contributed by atoms with van der Waals surface area (Å²) < 4.78 is 0. The summed E-state index contributed by atoms with van der Waals surface area (Å²) in [6, 6.07) is 31.5. The lowest BCUT2D eigenvalue weighted by atomic mass is 10.1. The molecule has 1 amide bonds. The standard InChI is InChI=1S/C28H29N5O/c1-33(21-22-10-4-2-5-11-22)19-9-18-29-28(34)24-14-8-15-25(20-24)30-27-17-16-26(31-32-27)23-12-6-3-7-13-23/h2-8,10-17,20H,9,18-19,21H2,1H3,(H,29,34)(H,30,32). The van der Waals surface area contributed by atoms with Gasteiger partial charge in [-0.2, -0.15) is 0 Å². The molecule has 34 heavy (non-hydrogen) atoms. The van der Waals surface area contributed by atoms with Crippen LogP contribution in [0.4, 0.5) is 11.5 Å².